The molecule has 2 aromatic carbocycles. The number of hydrogen-bond donors (Lipinski definition) is 2. The predicted octanol–water partition coefficient (Wildman–Crippen LogP) is 3.33. The fraction of sp³-hybridized carbons (Fsp3) is 0.125. The van der Waals surface area contributed by atoms with Gasteiger partial charge in [0.15, 0.2) is 5.69 Å². The topological polar surface area (TPSA) is 109 Å². The van der Waals surface area contributed by atoms with Gasteiger partial charge in [-0.2, -0.15) is 0 Å². The highest BCUT2D eigenvalue weighted by molar-refractivity contribution is 7.90. The third-order valence-electron chi connectivity index (χ3n) is 5.39. The molecular weight excluding hydrogens is 438 g/mol. The second-order valence-corrected chi connectivity index (χ2v) is 9.74. The van der Waals surface area contributed by atoms with Gasteiger partial charge >= 0.3 is 0 Å². The maximum Gasteiger partial charge on any atom is 0.272 e. The molecule has 0 unspecified atom stereocenters. The van der Waals surface area contributed by atoms with Crippen LogP contribution in [0.2, 0.25) is 0 Å². The van der Waals surface area contributed by atoms with E-state index in [1.54, 1.807) is 24.4 Å². The van der Waals surface area contributed by atoms with Crippen molar-refractivity contribution in [1.82, 2.24) is 24.7 Å². The Morgan fingerprint density at radius 1 is 1.00 bits per heavy atom. The standard InChI is InChI=1S/C24H21N5O3S/c1-33(31,32)24-28-21(20-13-7-8-14-29(20)24)23(30)27-19(15-16-9-3-2-4-10-16)22-25-17-11-5-6-12-18(17)26-22/h2-14,19H,15H2,1H3,(H,25,26)(H,27,30)/t19-/m0/s1. The van der Waals surface area contributed by atoms with Crippen LogP contribution in [0.1, 0.15) is 27.9 Å². The zero-order chi connectivity index (χ0) is 23.0. The van der Waals surface area contributed by atoms with E-state index in [4.69, 9.17) is 0 Å². The number of aromatic amines is 1. The average Bonchev–Trinajstić information content (AvgIpc) is 3.41. The molecule has 0 radical (unpaired) electrons. The summed E-state index contributed by atoms with van der Waals surface area (Å²) in [6.07, 6.45) is 3.15. The molecule has 0 aliphatic carbocycles. The van der Waals surface area contributed by atoms with Crippen molar-refractivity contribution >= 4 is 32.3 Å². The smallest absolute Gasteiger partial charge is 0.272 e. The van der Waals surface area contributed by atoms with Gasteiger partial charge in [0, 0.05) is 12.5 Å². The largest absolute Gasteiger partial charge is 0.340 e. The van der Waals surface area contributed by atoms with Crippen LogP contribution < -0.4 is 5.32 Å². The number of rotatable bonds is 6. The fourth-order valence-corrected chi connectivity index (χ4v) is 4.64. The number of benzene rings is 2. The van der Waals surface area contributed by atoms with Crippen LogP contribution in [-0.4, -0.2) is 39.9 Å². The Kier molecular flexibility index (Phi) is 5.18. The first-order chi connectivity index (χ1) is 15.9. The van der Waals surface area contributed by atoms with Gasteiger partial charge in [0.1, 0.15) is 5.82 Å². The highest BCUT2D eigenvalue weighted by atomic mass is 32.2. The zero-order valence-corrected chi connectivity index (χ0v) is 18.6. The van der Waals surface area contributed by atoms with Crippen molar-refractivity contribution in [3.05, 3.63) is 96.1 Å². The minimum absolute atomic E-state index is 0.0465. The molecule has 2 N–H and O–H groups in total. The number of amides is 1. The Morgan fingerprint density at radius 2 is 1.73 bits per heavy atom. The molecule has 166 valence electrons. The summed E-state index contributed by atoms with van der Waals surface area (Å²) >= 11 is 0. The van der Waals surface area contributed by atoms with Crippen molar-refractivity contribution in [3.63, 3.8) is 0 Å². The lowest BCUT2D eigenvalue weighted by Crippen LogP contribution is -2.31. The molecule has 0 saturated carbocycles. The maximum atomic E-state index is 13.4. The number of sulfone groups is 1. The summed E-state index contributed by atoms with van der Waals surface area (Å²) in [7, 11) is -3.64. The number of pyridine rings is 1. The van der Waals surface area contributed by atoms with E-state index in [0.29, 0.717) is 17.8 Å². The van der Waals surface area contributed by atoms with Gasteiger partial charge < -0.3 is 10.3 Å². The summed E-state index contributed by atoms with van der Waals surface area (Å²) in [5, 5.41) is 2.84. The van der Waals surface area contributed by atoms with Crippen LogP contribution in [-0.2, 0) is 16.3 Å². The first kappa shape index (κ1) is 20.9. The number of hydrogen-bond acceptors (Lipinski definition) is 5. The van der Waals surface area contributed by atoms with Crippen molar-refractivity contribution in [2.45, 2.75) is 17.6 Å². The minimum Gasteiger partial charge on any atom is -0.340 e. The molecule has 3 heterocycles. The Morgan fingerprint density at radius 3 is 2.48 bits per heavy atom. The molecule has 0 fully saturated rings. The lowest BCUT2D eigenvalue weighted by Gasteiger charge is -2.16. The lowest BCUT2D eigenvalue weighted by atomic mass is 10.1. The minimum atomic E-state index is -3.64. The van der Waals surface area contributed by atoms with Crippen LogP contribution in [0.5, 0.6) is 0 Å². The molecule has 0 aliphatic heterocycles. The number of imidazole rings is 2. The number of fused-ring (bicyclic) bond motifs is 2. The van der Waals surface area contributed by atoms with Crippen molar-refractivity contribution < 1.29 is 13.2 Å². The Labute approximate surface area is 190 Å². The first-order valence-electron chi connectivity index (χ1n) is 10.4. The Bertz CT molecular complexity index is 1540. The Hall–Kier alpha value is -3.98. The lowest BCUT2D eigenvalue weighted by molar-refractivity contribution is 0.0931. The monoisotopic (exact) mass is 459 g/mol. The molecule has 0 bridgehead atoms. The number of aromatic nitrogens is 4. The van der Waals surface area contributed by atoms with E-state index in [2.05, 4.69) is 20.3 Å². The van der Waals surface area contributed by atoms with Gasteiger partial charge in [0.25, 0.3) is 5.91 Å². The van der Waals surface area contributed by atoms with Crippen molar-refractivity contribution in [2.24, 2.45) is 0 Å². The molecule has 1 atom stereocenters. The number of para-hydroxylation sites is 2. The molecule has 5 rings (SSSR count). The number of nitrogens with zero attached hydrogens (tertiary/aromatic N) is 3. The van der Waals surface area contributed by atoms with Crippen molar-refractivity contribution in [1.29, 1.82) is 0 Å². The van der Waals surface area contributed by atoms with Crippen LogP contribution >= 0.6 is 0 Å². The first-order valence-corrected chi connectivity index (χ1v) is 12.3. The molecule has 1 amide bonds. The number of carbonyl (C=O) groups is 1. The van der Waals surface area contributed by atoms with Crippen LogP contribution in [0.3, 0.4) is 0 Å². The summed E-state index contributed by atoms with van der Waals surface area (Å²) in [4.78, 5) is 25.5. The SMILES string of the molecule is CS(=O)(=O)c1nc(C(=O)N[C@@H](Cc2ccccc2)c2nc3ccccc3[nH]2)c2ccccn12. The molecule has 8 nitrogen and oxygen atoms in total. The van der Waals surface area contributed by atoms with Crippen LogP contribution in [0, 0.1) is 0 Å². The molecule has 33 heavy (non-hydrogen) atoms. The summed E-state index contributed by atoms with van der Waals surface area (Å²) in [6.45, 7) is 0. The molecular formula is C24H21N5O3S. The van der Waals surface area contributed by atoms with E-state index in [-0.39, 0.29) is 10.9 Å². The van der Waals surface area contributed by atoms with Gasteiger partial charge in [-0.1, -0.05) is 48.5 Å². The third kappa shape index (κ3) is 4.10. The molecule has 3 aromatic heterocycles. The highest BCUT2D eigenvalue weighted by Crippen LogP contribution is 2.22. The number of H-pyrrole nitrogens is 1. The van der Waals surface area contributed by atoms with Gasteiger partial charge in [0.05, 0.1) is 22.6 Å². The normalized spacial score (nSPS) is 12.8. The average molecular weight is 460 g/mol. The summed E-state index contributed by atoms with van der Waals surface area (Å²) in [6, 6.07) is 22.0. The second kappa shape index (κ2) is 8.18. The van der Waals surface area contributed by atoms with E-state index in [0.717, 1.165) is 22.9 Å². The van der Waals surface area contributed by atoms with Gasteiger partial charge in [-0.25, -0.2) is 18.4 Å². The van der Waals surface area contributed by atoms with Gasteiger partial charge in [-0.15, -0.1) is 0 Å². The van der Waals surface area contributed by atoms with E-state index in [9.17, 15) is 13.2 Å². The number of nitrogens with one attached hydrogen (secondary N) is 2. The molecule has 9 heteroatoms. The van der Waals surface area contributed by atoms with E-state index in [1.165, 1.54) is 4.40 Å². The molecule has 5 aromatic rings. The molecule has 0 saturated heterocycles. The second-order valence-electron chi connectivity index (χ2n) is 7.83. The van der Waals surface area contributed by atoms with E-state index >= 15 is 0 Å². The van der Waals surface area contributed by atoms with Crippen LogP contribution in [0.4, 0.5) is 0 Å². The highest BCUT2D eigenvalue weighted by Gasteiger charge is 2.26. The summed E-state index contributed by atoms with van der Waals surface area (Å²) < 4.78 is 25.9. The van der Waals surface area contributed by atoms with Gasteiger partial charge in [-0.3, -0.25) is 9.20 Å². The van der Waals surface area contributed by atoms with Crippen molar-refractivity contribution in [3.8, 4) is 0 Å². The van der Waals surface area contributed by atoms with E-state index < -0.39 is 21.8 Å². The third-order valence-corrected chi connectivity index (χ3v) is 6.34. The molecule has 0 aliphatic rings. The van der Waals surface area contributed by atoms with Crippen LogP contribution in [0.15, 0.2) is 84.1 Å². The summed E-state index contributed by atoms with van der Waals surface area (Å²) in [5.74, 6) is 0.134. The quantitative estimate of drug-likeness (QED) is 0.405. The maximum absolute atomic E-state index is 13.4. The van der Waals surface area contributed by atoms with Gasteiger partial charge in [0.2, 0.25) is 15.0 Å². The zero-order valence-electron chi connectivity index (χ0n) is 17.8. The molecule has 0 spiro atoms. The Balaban J connectivity index is 1.55. The number of carbonyl (C=O) groups excluding carboxylic acids is 1. The van der Waals surface area contributed by atoms with Crippen LogP contribution in [0.25, 0.3) is 16.6 Å². The van der Waals surface area contributed by atoms with Crippen molar-refractivity contribution in [2.75, 3.05) is 6.26 Å². The van der Waals surface area contributed by atoms with E-state index in [1.807, 2.05) is 54.6 Å². The van der Waals surface area contributed by atoms with Gasteiger partial charge in [-0.05, 0) is 36.2 Å². The fourth-order valence-electron chi connectivity index (χ4n) is 3.87. The predicted molar refractivity (Wildman–Crippen MR) is 125 cm³/mol. The summed E-state index contributed by atoms with van der Waals surface area (Å²) in [5.41, 5.74) is 3.15.